The normalized spacial score (nSPS) is 19.9. The second kappa shape index (κ2) is 3.91. The zero-order valence-corrected chi connectivity index (χ0v) is 8.83. The molecule has 0 radical (unpaired) electrons. The van der Waals surface area contributed by atoms with E-state index in [9.17, 15) is 9.50 Å². The Hall–Kier alpha value is -0.930. The number of hydrogen-bond acceptors (Lipinski definition) is 2. The summed E-state index contributed by atoms with van der Waals surface area (Å²) in [5.41, 5.74) is -0.772. The maximum absolute atomic E-state index is 13.4. The van der Waals surface area contributed by atoms with Crippen molar-refractivity contribution >= 4 is 0 Å². The van der Waals surface area contributed by atoms with E-state index < -0.39 is 5.60 Å². The molecule has 1 atom stereocenters. The smallest absolute Gasteiger partial charge is 0.129 e. The van der Waals surface area contributed by atoms with Crippen molar-refractivity contribution in [2.45, 2.75) is 31.4 Å². The maximum atomic E-state index is 13.4. The van der Waals surface area contributed by atoms with Crippen molar-refractivity contribution in [1.29, 1.82) is 0 Å². The molecule has 2 rings (SSSR count). The lowest BCUT2D eigenvalue weighted by Gasteiger charge is -2.24. The van der Waals surface area contributed by atoms with Gasteiger partial charge in [-0.1, -0.05) is 18.2 Å². The topological polar surface area (TPSA) is 32.3 Å². The van der Waals surface area contributed by atoms with Crippen LogP contribution in [0.15, 0.2) is 24.3 Å². The summed E-state index contributed by atoms with van der Waals surface area (Å²) in [7, 11) is 0. The van der Waals surface area contributed by atoms with Gasteiger partial charge in [-0.3, -0.25) is 0 Å². The number of benzene rings is 1. The van der Waals surface area contributed by atoms with Crippen LogP contribution in [0.2, 0.25) is 0 Å². The third-order valence-electron chi connectivity index (χ3n) is 2.77. The summed E-state index contributed by atoms with van der Waals surface area (Å²) in [6.07, 6.45) is 2.32. The van der Waals surface area contributed by atoms with Crippen molar-refractivity contribution in [3.63, 3.8) is 0 Å². The molecular formula is C12H16FNO. The van der Waals surface area contributed by atoms with Crippen LogP contribution in [0.4, 0.5) is 4.39 Å². The number of rotatable bonds is 4. The van der Waals surface area contributed by atoms with E-state index in [1.807, 2.05) is 0 Å². The summed E-state index contributed by atoms with van der Waals surface area (Å²) in [5, 5.41) is 13.3. The van der Waals surface area contributed by atoms with Crippen LogP contribution in [0.1, 0.15) is 25.3 Å². The molecule has 3 heteroatoms. The standard InChI is InChI=1S/C12H16FNO/c1-12(15,8-14-9-6-7-9)10-4-2-3-5-11(10)13/h2-5,9,14-15H,6-8H2,1H3. The Balaban J connectivity index is 2.08. The Morgan fingerprint density at radius 3 is 2.73 bits per heavy atom. The highest BCUT2D eigenvalue weighted by Gasteiger charge is 2.29. The van der Waals surface area contributed by atoms with Gasteiger partial charge >= 0.3 is 0 Å². The molecule has 0 spiro atoms. The first-order valence-corrected chi connectivity index (χ1v) is 5.30. The maximum Gasteiger partial charge on any atom is 0.129 e. The minimum Gasteiger partial charge on any atom is -0.384 e. The van der Waals surface area contributed by atoms with Gasteiger partial charge in [0.2, 0.25) is 0 Å². The molecule has 0 bridgehead atoms. The first-order valence-electron chi connectivity index (χ1n) is 5.30. The molecule has 0 aromatic heterocycles. The average molecular weight is 209 g/mol. The zero-order valence-electron chi connectivity index (χ0n) is 8.83. The van der Waals surface area contributed by atoms with E-state index in [4.69, 9.17) is 0 Å². The van der Waals surface area contributed by atoms with Crippen molar-refractivity contribution in [2.75, 3.05) is 6.54 Å². The third kappa shape index (κ3) is 2.55. The largest absolute Gasteiger partial charge is 0.384 e. The van der Waals surface area contributed by atoms with Crippen LogP contribution in [0.3, 0.4) is 0 Å². The van der Waals surface area contributed by atoms with Gasteiger partial charge in [0.1, 0.15) is 11.4 Å². The van der Waals surface area contributed by atoms with Gasteiger partial charge in [0.15, 0.2) is 0 Å². The predicted octanol–water partition coefficient (Wildman–Crippen LogP) is 1.79. The van der Waals surface area contributed by atoms with Crippen LogP contribution in [0, 0.1) is 5.82 Å². The molecule has 1 unspecified atom stereocenters. The summed E-state index contributed by atoms with van der Waals surface area (Å²) in [4.78, 5) is 0. The Kier molecular flexibility index (Phi) is 2.76. The van der Waals surface area contributed by atoms with Gasteiger partial charge in [-0.25, -0.2) is 4.39 Å². The van der Waals surface area contributed by atoms with Crippen molar-refractivity contribution in [1.82, 2.24) is 5.32 Å². The number of halogens is 1. The minimum absolute atomic E-state index is 0.347. The lowest BCUT2D eigenvalue weighted by Crippen LogP contribution is -2.37. The highest BCUT2D eigenvalue weighted by molar-refractivity contribution is 5.24. The quantitative estimate of drug-likeness (QED) is 0.792. The number of nitrogens with one attached hydrogen (secondary N) is 1. The molecule has 2 nitrogen and oxygen atoms in total. The fourth-order valence-electron chi connectivity index (χ4n) is 1.62. The molecule has 0 amide bonds. The summed E-state index contributed by atoms with van der Waals surface area (Å²) >= 11 is 0. The first-order chi connectivity index (χ1) is 7.09. The summed E-state index contributed by atoms with van der Waals surface area (Å²) < 4.78 is 13.4. The van der Waals surface area contributed by atoms with Gasteiger partial charge in [-0.15, -0.1) is 0 Å². The van der Waals surface area contributed by atoms with E-state index in [0.717, 1.165) is 12.8 Å². The molecule has 1 saturated carbocycles. The second-order valence-corrected chi connectivity index (χ2v) is 4.41. The molecule has 2 N–H and O–H groups in total. The highest BCUT2D eigenvalue weighted by atomic mass is 19.1. The van der Waals surface area contributed by atoms with Crippen molar-refractivity contribution in [3.8, 4) is 0 Å². The molecule has 0 aliphatic heterocycles. The summed E-state index contributed by atoms with van der Waals surface area (Å²) in [6.45, 7) is 2.04. The van der Waals surface area contributed by atoms with Crippen LogP contribution >= 0.6 is 0 Å². The fourth-order valence-corrected chi connectivity index (χ4v) is 1.62. The van der Waals surface area contributed by atoms with Gasteiger partial charge in [0.25, 0.3) is 0 Å². The molecule has 1 aromatic carbocycles. The molecule has 1 fully saturated rings. The first kappa shape index (κ1) is 10.6. The summed E-state index contributed by atoms with van der Waals surface area (Å²) in [6, 6.07) is 6.89. The molecule has 1 aliphatic carbocycles. The van der Waals surface area contributed by atoms with E-state index in [1.165, 1.54) is 6.07 Å². The summed E-state index contributed by atoms with van der Waals surface area (Å²) in [5.74, 6) is -0.347. The van der Waals surface area contributed by atoms with E-state index in [0.29, 0.717) is 18.2 Å². The van der Waals surface area contributed by atoms with Gasteiger partial charge in [0.05, 0.1) is 0 Å². The van der Waals surface area contributed by atoms with Crippen molar-refractivity contribution < 1.29 is 9.50 Å². The number of hydrogen-bond donors (Lipinski definition) is 2. The van der Waals surface area contributed by atoms with Gasteiger partial charge in [-0.2, -0.15) is 0 Å². The fraction of sp³-hybridized carbons (Fsp3) is 0.500. The van der Waals surface area contributed by atoms with E-state index in [1.54, 1.807) is 25.1 Å². The van der Waals surface area contributed by atoms with Crippen LogP contribution in [0.5, 0.6) is 0 Å². The molecule has 1 aromatic rings. The van der Waals surface area contributed by atoms with Crippen molar-refractivity contribution in [2.24, 2.45) is 0 Å². The highest BCUT2D eigenvalue weighted by Crippen LogP contribution is 2.25. The van der Waals surface area contributed by atoms with Crippen LogP contribution in [-0.2, 0) is 5.60 Å². The molecule has 82 valence electrons. The molecule has 15 heavy (non-hydrogen) atoms. The lowest BCUT2D eigenvalue weighted by atomic mass is 9.95. The third-order valence-corrected chi connectivity index (χ3v) is 2.77. The molecule has 1 aliphatic rings. The van der Waals surface area contributed by atoms with Gasteiger partial charge in [-0.05, 0) is 25.8 Å². The van der Waals surface area contributed by atoms with Crippen LogP contribution in [0.25, 0.3) is 0 Å². The average Bonchev–Trinajstić information content (AvgIpc) is 2.99. The van der Waals surface area contributed by atoms with Crippen LogP contribution in [-0.4, -0.2) is 17.7 Å². The monoisotopic (exact) mass is 209 g/mol. The van der Waals surface area contributed by atoms with E-state index in [-0.39, 0.29) is 5.82 Å². The number of aliphatic hydroxyl groups is 1. The predicted molar refractivity (Wildman–Crippen MR) is 57.0 cm³/mol. The van der Waals surface area contributed by atoms with Crippen molar-refractivity contribution in [3.05, 3.63) is 35.6 Å². The Bertz CT molecular complexity index is 347. The second-order valence-electron chi connectivity index (χ2n) is 4.41. The minimum atomic E-state index is -1.13. The molecule has 0 saturated heterocycles. The molecule has 0 heterocycles. The van der Waals surface area contributed by atoms with Gasteiger partial charge < -0.3 is 10.4 Å². The Morgan fingerprint density at radius 2 is 2.13 bits per heavy atom. The SMILES string of the molecule is CC(O)(CNC1CC1)c1ccccc1F. The van der Waals surface area contributed by atoms with Gasteiger partial charge in [0, 0.05) is 18.2 Å². The lowest BCUT2D eigenvalue weighted by molar-refractivity contribution is 0.0529. The van der Waals surface area contributed by atoms with Crippen LogP contribution < -0.4 is 5.32 Å². The Labute approximate surface area is 89.1 Å². The van der Waals surface area contributed by atoms with E-state index in [2.05, 4.69) is 5.32 Å². The Morgan fingerprint density at radius 1 is 1.47 bits per heavy atom. The zero-order chi connectivity index (χ0) is 10.9. The molecular weight excluding hydrogens is 193 g/mol. The van der Waals surface area contributed by atoms with E-state index >= 15 is 0 Å².